The average Bonchev–Trinajstić information content (AvgIpc) is 3.58. The number of carbonyl (C=O) groups is 1. The fraction of sp³-hybridized carbons (Fsp3) is 0.458. The van der Waals surface area contributed by atoms with Crippen LogP contribution in [0.15, 0.2) is 24.7 Å². The van der Waals surface area contributed by atoms with Gasteiger partial charge in [-0.3, -0.25) is 9.69 Å². The van der Waals surface area contributed by atoms with Crippen molar-refractivity contribution in [2.45, 2.75) is 37.8 Å². The van der Waals surface area contributed by atoms with E-state index >= 15 is 0 Å². The van der Waals surface area contributed by atoms with Crippen LogP contribution in [0.2, 0.25) is 0 Å². The molecule has 2 fully saturated rings. The molecule has 0 spiro atoms. The van der Waals surface area contributed by atoms with E-state index in [9.17, 15) is 9.18 Å². The number of piperazine rings is 1. The van der Waals surface area contributed by atoms with E-state index in [0.29, 0.717) is 50.6 Å². The van der Waals surface area contributed by atoms with Gasteiger partial charge in [-0.15, -0.1) is 5.10 Å². The normalized spacial score (nSPS) is 23.7. The number of amides is 1. The molecule has 1 aromatic carbocycles. The molecule has 3 atom stereocenters. The Bertz CT molecular complexity index is 1360. The second-order valence-corrected chi connectivity index (χ2v) is 9.39. The lowest BCUT2D eigenvalue weighted by molar-refractivity contribution is -0.141. The highest BCUT2D eigenvalue weighted by Gasteiger charge is 2.39. The highest BCUT2D eigenvalue weighted by Crippen LogP contribution is 2.36. The largest absolute Gasteiger partial charge is 0.371 e. The molecule has 2 aromatic heterocycles. The summed E-state index contributed by atoms with van der Waals surface area (Å²) < 4.78 is 21.5. The predicted molar refractivity (Wildman–Crippen MR) is 124 cm³/mol. The monoisotopic (exact) mass is 489 g/mol. The maximum atomic E-state index is 14.0. The molecule has 1 aliphatic carbocycles. The van der Waals surface area contributed by atoms with Gasteiger partial charge in [0.15, 0.2) is 0 Å². The summed E-state index contributed by atoms with van der Waals surface area (Å²) in [6.45, 7) is 12.1. The zero-order valence-corrected chi connectivity index (χ0v) is 19.7. The molecule has 6 rings (SSSR count). The Hall–Kier alpha value is -3.82. The summed E-state index contributed by atoms with van der Waals surface area (Å²) in [5, 5.41) is 11.1. The van der Waals surface area contributed by atoms with Gasteiger partial charge in [-0.2, -0.15) is 4.68 Å². The van der Waals surface area contributed by atoms with Crippen molar-refractivity contribution in [2.75, 3.05) is 32.8 Å². The quantitative estimate of drug-likeness (QED) is 0.513. The average molecular weight is 490 g/mol. The number of morpholine rings is 1. The molecule has 3 aromatic rings. The minimum absolute atomic E-state index is 0.0551. The number of aryl methyl sites for hydroxylation is 1. The van der Waals surface area contributed by atoms with Crippen molar-refractivity contribution in [3.8, 4) is 5.95 Å². The number of fused-ring (bicyclic) bond motifs is 2. The zero-order valence-electron chi connectivity index (χ0n) is 19.7. The number of hydrogen-bond donors (Lipinski definition) is 0. The molecule has 0 saturated carbocycles. The number of aromatic nitrogens is 6. The van der Waals surface area contributed by atoms with E-state index in [4.69, 9.17) is 11.3 Å². The number of benzene rings is 1. The molecule has 11 nitrogen and oxygen atoms in total. The van der Waals surface area contributed by atoms with Gasteiger partial charge in [0.1, 0.15) is 12.1 Å². The van der Waals surface area contributed by atoms with E-state index in [1.807, 2.05) is 4.90 Å². The van der Waals surface area contributed by atoms with Crippen LogP contribution in [0.1, 0.15) is 40.8 Å². The Morgan fingerprint density at radius 2 is 2.14 bits per heavy atom. The van der Waals surface area contributed by atoms with Gasteiger partial charge in [-0.25, -0.2) is 19.2 Å². The first kappa shape index (κ1) is 22.6. The van der Waals surface area contributed by atoms with Gasteiger partial charge >= 0.3 is 0 Å². The second-order valence-electron chi connectivity index (χ2n) is 9.39. The zero-order chi connectivity index (χ0) is 24.8. The Balaban J connectivity index is 1.12. The molecule has 1 amide bonds. The molecule has 3 aliphatic rings. The molecule has 2 aliphatic heterocycles. The summed E-state index contributed by atoms with van der Waals surface area (Å²) in [7, 11) is 0. The van der Waals surface area contributed by atoms with E-state index in [2.05, 4.69) is 35.2 Å². The maximum absolute atomic E-state index is 14.0. The van der Waals surface area contributed by atoms with Crippen molar-refractivity contribution < 1.29 is 13.9 Å². The first-order valence-corrected chi connectivity index (χ1v) is 11.9. The minimum Gasteiger partial charge on any atom is -0.371 e. The molecule has 2 saturated heterocycles. The summed E-state index contributed by atoms with van der Waals surface area (Å²) in [5.41, 5.74) is 3.28. The number of rotatable bonds is 3. The lowest BCUT2D eigenvalue weighted by atomic mass is 9.97. The summed E-state index contributed by atoms with van der Waals surface area (Å²) in [6, 6.07) is 3.16. The summed E-state index contributed by atoms with van der Waals surface area (Å²) in [5.74, 6) is -0.252. The molecule has 0 unspecified atom stereocenters. The Labute approximate surface area is 206 Å². The van der Waals surface area contributed by atoms with Crippen molar-refractivity contribution in [1.29, 1.82) is 0 Å². The Morgan fingerprint density at radius 1 is 1.25 bits per heavy atom. The molecular formula is C24H24FN9O2. The van der Waals surface area contributed by atoms with E-state index in [-0.39, 0.29) is 29.7 Å². The Kier molecular flexibility index (Phi) is 5.66. The summed E-state index contributed by atoms with van der Waals surface area (Å²) >= 11 is 0. The summed E-state index contributed by atoms with van der Waals surface area (Å²) in [4.78, 5) is 30.0. The number of hydrogen-bond acceptors (Lipinski definition) is 8. The SMILES string of the molecule is [C-]#[N+]c1c(F)ccc([C@@H]2CN3CCN(C(=O)[C@H]4CCc5nc(-n6cnnn6)ncc54)C[C@@H]3CO2)c1C. The van der Waals surface area contributed by atoms with Gasteiger partial charge in [0, 0.05) is 37.9 Å². The topological polar surface area (TPSA) is 107 Å². The molecule has 36 heavy (non-hydrogen) atoms. The molecule has 12 heteroatoms. The van der Waals surface area contributed by atoms with Crippen LogP contribution in [-0.4, -0.2) is 84.7 Å². The van der Waals surface area contributed by atoms with Crippen LogP contribution in [0.3, 0.4) is 0 Å². The number of carbonyl (C=O) groups excluding carboxylic acids is 1. The molecule has 4 heterocycles. The van der Waals surface area contributed by atoms with Gasteiger partial charge in [0.05, 0.1) is 36.9 Å². The van der Waals surface area contributed by atoms with E-state index in [0.717, 1.165) is 23.4 Å². The molecule has 0 radical (unpaired) electrons. The summed E-state index contributed by atoms with van der Waals surface area (Å²) in [6.07, 6.45) is 4.36. The van der Waals surface area contributed by atoms with Crippen molar-refractivity contribution in [1.82, 2.24) is 40.0 Å². The lowest BCUT2D eigenvalue weighted by Crippen LogP contribution is -2.60. The van der Waals surface area contributed by atoms with Gasteiger partial charge in [-0.05, 0) is 47.4 Å². The first-order chi connectivity index (χ1) is 17.5. The van der Waals surface area contributed by atoms with E-state index in [1.54, 1.807) is 19.2 Å². The first-order valence-electron chi connectivity index (χ1n) is 11.9. The van der Waals surface area contributed by atoms with Crippen LogP contribution >= 0.6 is 0 Å². The fourth-order valence-corrected chi connectivity index (χ4v) is 5.53. The standard InChI is InChI=1S/C24H24FN9O2/c1-14-16(3-5-19(25)22(14)26-2)21-11-32-7-8-33(10-15(32)12-36-21)23(35)17-4-6-20-18(17)9-27-24(29-20)34-13-28-30-31-34/h3,5,9,13,15,17,21H,4,6-8,10-12H2,1H3/t15-,17+,21+/m1/s1. The third-order valence-electron chi connectivity index (χ3n) is 7.47. The van der Waals surface area contributed by atoms with Crippen LogP contribution < -0.4 is 0 Å². The third kappa shape index (κ3) is 3.81. The second kappa shape index (κ2) is 9.00. The van der Waals surface area contributed by atoms with Crippen LogP contribution in [0, 0.1) is 19.3 Å². The molecule has 0 bridgehead atoms. The smallest absolute Gasteiger partial charge is 0.253 e. The van der Waals surface area contributed by atoms with Crippen LogP contribution in [0.4, 0.5) is 10.1 Å². The molecule has 0 N–H and O–H groups in total. The molecular weight excluding hydrogens is 465 g/mol. The highest BCUT2D eigenvalue weighted by molar-refractivity contribution is 5.85. The number of nitrogens with zero attached hydrogens (tertiary/aromatic N) is 9. The minimum atomic E-state index is -0.502. The van der Waals surface area contributed by atoms with Crippen molar-refractivity contribution in [2.24, 2.45) is 0 Å². The van der Waals surface area contributed by atoms with Gasteiger partial charge in [-0.1, -0.05) is 6.07 Å². The third-order valence-corrected chi connectivity index (χ3v) is 7.47. The van der Waals surface area contributed by atoms with Crippen LogP contribution in [0.5, 0.6) is 0 Å². The van der Waals surface area contributed by atoms with E-state index in [1.165, 1.54) is 17.1 Å². The number of halogens is 1. The van der Waals surface area contributed by atoms with Gasteiger partial charge in [0.25, 0.3) is 5.95 Å². The molecule has 184 valence electrons. The maximum Gasteiger partial charge on any atom is 0.253 e. The van der Waals surface area contributed by atoms with Gasteiger partial charge < -0.3 is 9.64 Å². The van der Waals surface area contributed by atoms with Crippen LogP contribution in [0.25, 0.3) is 10.8 Å². The Morgan fingerprint density at radius 3 is 2.94 bits per heavy atom. The number of tetrazole rings is 1. The van der Waals surface area contributed by atoms with Crippen molar-refractivity contribution in [3.05, 3.63) is 64.3 Å². The van der Waals surface area contributed by atoms with Crippen LogP contribution in [-0.2, 0) is 16.0 Å². The highest BCUT2D eigenvalue weighted by atomic mass is 19.1. The van der Waals surface area contributed by atoms with Gasteiger partial charge in [0.2, 0.25) is 11.6 Å². The predicted octanol–water partition coefficient (Wildman–Crippen LogP) is 1.76. The van der Waals surface area contributed by atoms with Crippen molar-refractivity contribution in [3.63, 3.8) is 0 Å². The van der Waals surface area contributed by atoms with E-state index < -0.39 is 5.82 Å². The van der Waals surface area contributed by atoms with Crippen molar-refractivity contribution >= 4 is 11.6 Å². The number of ether oxygens (including phenoxy) is 1. The lowest BCUT2D eigenvalue weighted by Gasteiger charge is -2.46. The fourth-order valence-electron chi connectivity index (χ4n) is 5.53.